The fourth-order valence-corrected chi connectivity index (χ4v) is 3.28. The van der Waals surface area contributed by atoms with Gasteiger partial charge in [-0.2, -0.15) is 0 Å². The number of para-hydroxylation sites is 2. The molecule has 1 aliphatic heterocycles. The van der Waals surface area contributed by atoms with Gasteiger partial charge in [0.15, 0.2) is 6.61 Å². The zero-order valence-electron chi connectivity index (χ0n) is 16.0. The molecule has 0 radical (unpaired) electrons. The van der Waals surface area contributed by atoms with Crippen molar-refractivity contribution in [1.82, 2.24) is 10.2 Å². The summed E-state index contributed by atoms with van der Waals surface area (Å²) in [6.45, 7) is 2.16. The predicted octanol–water partition coefficient (Wildman–Crippen LogP) is 3.52. The highest BCUT2D eigenvalue weighted by atomic mass is 16.5. The molecule has 2 aromatic carbocycles. The van der Waals surface area contributed by atoms with Crippen LogP contribution in [-0.4, -0.2) is 43.1 Å². The summed E-state index contributed by atoms with van der Waals surface area (Å²) in [5.74, 6) is 1.11. The van der Waals surface area contributed by atoms with Gasteiger partial charge in [0.05, 0.1) is 0 Å². The van der Waals surface area contributed by atoms with Crippen LogP contribution in [0.1, 0.15) is 19.3 Å². The Kier molecular flexibility index (Phi) is 7.29. The summed E-state index contributed by atoms with van der Waals surface area (Å²) in [5.41, 5.74) is 0.815. The molecule has 3 rings (SSSR count). The number of nitrogens with one attached hydrogen (secondary N) is 2. The third kappa shape index (κ3) is 6.30. The average Bonchev–Trinajstić information content (AvgIpc) is 2.74. The maximum Gasteiger partial charge on any atom is 0.321 e. The normalized spacial score (nSPS) is 14.4. The van der Waals surface area contributed by atoms with Crippen LogP contribution < -0.4 is 15.4 Å². The van der Waals surface area contributed by atoms with Gasteiger partial charge in [-0.15, -0.1) is 0 Å². The monoisotopic (exact) mass is 381 g/mol. The van der Waals surface area contributed by atoms with E-state index in [0.29, 0.717) is 18.2 Å². The molecule has 6 nitrogen and oxygen atoms in total. The number of carbonyl (C=O) groups is 2. The third-order valence-corrected chi connectivity index (χ3v) is 4.91. The fourth-order valence-electron chi connectivity index (χ4n) is 3.28. The number of benzene rings is 2. The number of piperidine rings is 1. The molecule has 2 N–H and O–H groups in total. The summed E-state index contributed by atoms with van der Waals surface area (Å²) >= 11 is 0. The summed E-state index contributed by atoms with van der Waals surface area (Å²) in [4.78, 5) is 26.0. The number of hydrogen-bond acceptors (Lipinski definition) is 3. The number of carbonyl (C=O) groups excluding carboxylic acids is 2. The van der Waals surface area contributed by atoms with Crippen molar-refractivity contribution in [1.29, 1.82) is 0 Å². The number of anilines is 1. The molecule has 3 amide bonds. The van der Waals surface area contributed by atoms with E-state index in [1.165, 1.54) is 0 Å². The Morgan fingerprint density at radius 3 is 2.29 bits per heavy atom. The quantitative estimate of drug-likeness (QED) is 0.771. The average molecular weight is 381 g/mol. The van der Waals surface area contributed by atoms with Crippen molar-refractivity contribution in [3.8, 4) is 5.75 Å². The fraction of sp³-hybridized carbons (Fsp3) is 0.364. The zero-order chi connectivity index (χ0) is 19.6. The van der Waals surface area contributed by atoms with E-state index >= 15 is 0 Å². The Balaban J connectivity index is 1.29. The first-order valence-electron chi connectivity index (χ1n) is 9.76. The van der Waals surface area contributed by atoms with Crippen LogP contribution >= 0.6 is 0 Å². The summed E-state index contributed by atoms with van der Waals surface area (Å²) < 4.78 is 5.44. The largest absolute Gasteiger partial charge is 0.484 e. The summed E-state index contributed by atoms with van der Waals surface area (Å²) in [6.07, 6.45) is 2.84. The van der Waals surface area contributed by atoms with Crippen molar-refractivity contribution in [3.63, 3.8) is 0 Å². The number of hydrogen-bond donors (Lipinski definition) is 2. The van der Waals surface area contributed by atoms with Crippen LogP contribution in [0.4, 0.5) is 10.5 Å². The molecule has 6 heteroatoms. The molecule has 0 atom stereocenters. The topological polar surface area (TPSA) is 70.7 Å². The first-order chi connectivity index (χ1) is 13.7. The van der Waals surface area contributed by atoms with E-state index in [-0.39, 0.29) is 18.5 Å². The lowest BCUT2D eigenvalue weighted by atomic mass is 9.94. The number of nitrogens with zero attached hydrogens (tertiary/aromatic N) is 1. The Morgan fingerprint density at radius 1 is 0.964 bits per heavy atom. The minimum atomic E-state index is -0.108. The third-order valence-electron chi connectivity index (χ3n) is 4.91. The number of rotatable bonds is 7. The van der Waals surface area contributed by atoms with Gasteiger partial charge in [-0.05, 0) is 49.4 Å². The summed E-state index contributed by atoms with van der Waals surface area (Å²) in [6, 6.07) is 18.8. The van der Waals surface area contributed by atoms with Gasteiger partial charge in [-0.1, -0.05) is 36.4 Å². The molecule has 0 spiro atoms. The second-order valence-electron chi connectivity index (χ2n) is 6.97. The minimum Gasteiger partial charge on any atom is -0.484 e. The van der Waals surface area contributed by atoms with Crippen molar-refractivity contribution in [2.45, 2.75) is 19.3 Å². The molecule has 0 saturated carbocycles. The van der Waals surface area contributed by atoms with Crippen LogP contribution in [-0.2, 0) is 4.79 Å². The van der Waals surface area contributed by atoms with Gasteiger partial charge in [-0.3, -0.25) is 4.79 Å². The number of urea groups is 1. The summed E-state index contributed by atoms with van der Waals surface area (Å²) in [7, 11) is 0. The second-order valence-corrected chi connectivity index (χ2v) is 6.97. The lowest BCUT2D eigenvalue weighted by Crippen LogP contribution is -2.41. The number of ether oxygens (including phenoxy) is 1. The highest BCUT2D eigenvalue weighted by Gasteiger charge is 2.22. The van der Waals surface area contributed by atoms with Crippen LogP contribution in [0.25, 0.3) is 0 Å². The van der Waals surface area contributed by atoms with Crippen LogP contribution in [0, 0.1) is 5.92 Å². The molecule has 1 fully saturated rings. The molecular formula is C22H27N3O3. The molecular weight excluding hydrogens is 354 g/mol. The van der Waals surface area contributed by atoms with Gasteiger partial charge in [0.1, 0.15) is 5.75 Å². The van der Waals surface area contributed by atoms with E-state index in [1.54, 1.807) is 0 Å². The summed E-state index contributed by atoms with van der Waals surface area (Å²) in [5, 5.41) is 5.84. The zero-order valence-corrected chi connectivity index (χ0v) is 16.0. The predicted molar refractivity (Wildman–Crippen MR) is 109 cm³/mol. The van der Waals surface area contributed by atoms with Crippen LogP contribution in [0.5, 0.6) is 5.75 Å². The molecule has 0 unspecified atom stereocenters. The van der Waals surface area contributed by atoms with E-state index in [1.807, 2.05) is 65.6 Å². The molecule has 0 bridgehead atoms. The van der Waals surface area contributed by atoms with Gasteiger partial charge in [0.25, 0.3) is 5.91 Å². The molecule has 0 aliphatic carbocycles. The molecule has 1 aliphatic rings. The highest BCUT2D eigenvalue weighted by molar-refractivity contribution is 5.89. The van der Waals surface area contributed by atoms with Crippen LogP contribution in [0.3, 0.4) is 0 Å². The van der Waals surface area contributed by atoms with Crippen molar-refractivity contribution in [2.24, 2.45) is 5.92 Å². The Labute approximate surface area is 165 Å². The molecule has 2 aromatic rings. The Bertz CT molecular complexity index is 744. The number of likely N-dealkylation sites (tertiary alicyclic amines) is 1. The Hall–Kier alpha value is -3.02. The van der Waals surface area contributed by atoms with E-state index in [0.717, 1.165) is 38.0 Å². The SMILES string of the molecule is O=C(COc1ccccc1)NCCC1CCN(C(=O)Nc2ccccc2)CC1. The maximum absolute atomic E-state index is 12.3. The van der Waals surface area contributed by atoms with E-state index in [4.69, 9.17) is 4.74 Å². The Morgan fingerprint density at radius 2 is 1.61 bits per heavy atom. The van der Waals surface area contributed by atoms with Gasteiger partial charge in [0, 0.05) is 25.3 Å². The van der Waals surface area contributed by atoms with E-state index in [2.05, 4.69) is 10.6 Å². The molecule has 28 heavy (non-hydrogen) atoms. The van der Waals surface area contributed by atoms with Crippen molar-refractivity contribution in [2.75, 3.05) is 31.6 Å². The van der Waals surface area contributed by atoms with E-state index < -0.39 is 0 Å². The van der Waals surface area contributed by atoms with Crippen molar-refractivity contribution in [3.05, 3.63) is 60.7 Å². The highest BCUT2D eigenvalue weighted by Crippen LogP contribution is 2.20. The first kappa shape index (κ1) is 19.7. The van der Waals surface area contributed by atoms with Crippen LogP contribution in [0.15, 0.2) is 60.7 Å². The smallest absolute Gasteiger partial charge is 0.321 e. The standard InChI is InChI=1S/C22H27N3O3/c26-21(17-28-20-9-5-2-6-10-20)23-14-11-18-12-15-25(16-13-18)22(27)24-19-7-3-1-4-8-19/h1-10,18H,11-17H2,(H,23,26)(H,24,27). The second kappa shape index (κ2) is 10.3. The molecule has 1 heterocycles. The van der Waals surface area contributed by atoms with Crippen molar-refractivity contribution >= 4 is 17.6 Å². The van der Waals surface area contributed by atoms with Gasteiger partial charge in [-0.25, -0.2) is 4.79 Å². The van der Waals surface area contributed by atoms with Crippen molar-refractivity contribution < 1.29 is 14.3 Å². The lowest BCUT2D eigenvalue weighted by Gasteiger charge is -2.32. The van der Waals surface area contributed by atoms with Gasteiger partial charge in [0.2, 0.25) is 0 Å². The lowest BCUT2D eigenvalue weighted by molar-refractivity contribution is -0.123. The number of amides is 3. The van der Waals surface area contributed by atoms with E-state index in [9.17, 15) is 9.59 Å². The first-order valence-corrected chi connectivity index (χ1v) is 9.76. The molecule has 148 valence electrons. The van der Waals surface area contributed by atoms with Gasteiger partial charge >= 0.3 is 6.03 Å². The minimum absolute atomic E-state index is 0.0299. The molecule has 1 saturated heterocycles. The molecule has 0 aromatic heterocycles. The van der Waals surface area contributed by atoms with Crippen LogP contribution in [0.2, 0.25) is 0 Å². The van der Waals surface area contributed by atoms with Gasteiger partial charge < -0.3 is 20.3 Å². The maximum atomic E-state index is 12.3.